The van der Waals surface area contributed by atoms with Crippen LogP contribution in [0.4, 0.5) is 0 Å². The lowest BCUT2D eigenvalue weighted by Crippen LogP contribution is -2.52. The maximum Gasteiger partial charge on any atom is 0.228 e. The van der Waals surface area contributed by atoms with E-state index < -0.39 is 0 Å². The summed E-state index contributed by atoms with van der Waals surface area (Å²) in [5, 5.41) is 0. The smallest absolute Gasteiger partial charge is 0.228 e. The van der Waals surface area contributed by atoms with Gasteiger partial charge in [0.05, 0.1) is 19.1 Å². The topological polar surface area (TPSA) is 53.1 Å². The number of benzene rings is 1. The highest BCUT2D eigenvalue weighted by molar-refractivity contribution is 5.85. The zero-order valence-corrected chi connectivity index (χ0v) is 22.1. The van der Waals surface area contributed by atoms with Crippen LogP contribution in [0, 0.1) is 17.8 Å². The van der Waals surface area contributed by atoms with Crippen molar-refractivity contribution < 1.29 is 14.3 Å². The van der Waals surface area contributed by atoms with Gasteiger partial charge in [0.1, 0.15) is 5.75 Å². The first-order valence-corrected chi connectivity index (χ1v) is 13.9. The first-order valence-electron chi connectivity index (χ1n) is 13.9. The highest BCUT2D eigenvalue weighted by Crippen LogP contribution is 2.42. The zero-order valence-electron chi connectivity index (χ0n) is 22.1. The lowest BCUT2D eigenvalue weighted by molar-refractivity contribution is -0.149. The minimum atomic E-state index is -0.254. The second-order valence-electron chi connectivity index (χ2n) is 11.0. The molecule has 6 heteroatoms. The molecule has 3 unspecified atom stereocenters. The Hall–Kier alpha value is -2.08. The van der Waals surface area contributed by atoms with Crippen molar-refractivity contribution in [1.82, 2.24) is 14.7 Å². The number of carbonyl (C=O) groups is 2. The number of piperidine rings is 3. The Balaban J connectivity index is 1.52. The Morgan fingerprint density at radius 1 is 1.09 bits per heavy atom. The fourth-order valence-electron chi connectivity index (χ4n) is 6.36. The van der Waals surface area contributed by atoms with E-state index in [1.807, 2.05) is 29.2 Å². The largest absolute Gasteiger partial charge is 0.496 e. The van der Waals surface area contributed by atoms with Gasteiger partial charge in [-0.15, -0.1) is 0 Å². The summed E-state index contributed by atoms with van der Waals surface area (Å²) in [6.45, 7) is 10.4. The van der Waals surface area contributed by atoms with Crippen LogP contribution in [-0.4, -0.2) is 72.9 Å². The monoisotopic (exact) mass is 483 g/mol. The Labute approximate surface area is 212 Å². The maximum absolute atomic E-state index is 14.1. The second-order valence-corrected chi connectivity index (χ2v) is 11.0. The maximum atomic E-state index is 14.1. The molecule has 3 aliphatic rings. The van der Waals surface area contributed by atoms with E-state index in [1.54, 1.807) is 7.11 Å². The Kier molecular flexibility index (Phi) is 9.10. The van der Waals surface area contributed by atoms with Gasteiger partial charge in [0.15, 0.2) is 0 Å². The molecule has 3 aliphatic heterocycles. The molecule has 0 spiro atoms. The normalized spacial score (nSPS) is 26.7. The Morgan fingerprint density at radius 2 is 1.86 bits per heavy atom. The summed E-state index contributed by atoms with van der Waals surface area (Å²) in [4.78, 5) is 33.9. The molecule has 194 valence electrons. The molecule has 0 aromatic heterocycles. The van der Waals surface area contributed by atoms with Crippen LogP contribution < -0.4 is 4.74 Å². The van der Waals surface area contributed by atoms with E-state index in [0.717, 1.165) is 56.1 Å². The van der Waals surface area contributed by atoms with E-state index in [1.165, 1.54) is 32.4 Å². The molecule has 3 saturated heterocycles. The minimum Gasteiger partial charge on any atom is -0.496 e. The van der Waals surface area contributed by atoms with Gasteiger partial charge in [0, 0.05) is 38.2 Å². The molecular weight excluding hydrogens is 438 g/mol. The molecule has 6 nitrogen and oxygen atoms in total. The zero-order chi connectivity index (χ0) is 24.8. The molecule has 0 radical (unpaired) electrons. The van der Waals surface area contributed by atoms with Crippen molar-refractivity contribution in [3.8, 4) is 5.75 Å². The van der Waals surface area contributed by atoms with Crippen LogP contribution in [0.1, 0.15) is 76.8 Å². The summed E-state index contributed by atoms with van der Waals surface area (Å²) < 4.78 is 5.70. The number of hydrogen-bond acceptors (Lipinski definition) is 4. The summed E-state index contributed by atoms with van der Waals surface area (Å²) in [5.74, 6) is 2.33. The summed E-state index contributed by atoms with van der Waals surface area (Å²) in [7, 11) is 1.67. The highest BCUT2D eigenvalue weighted by Gasteiger charge is 2.43. The van der Waals surface area contributed by atoms with Crippen molar-refractivity contribution in [2.45, 2.75) is 71.3 Å². The van der Waals surface area contributed by atoms with E-state index in [0.29, 0.717) is 25.3 Å². The Morgan fingerprint density at radius 3 is 2.60 bits per heavy atom. The molecule has 0 saturated carbocycles. The van der Waals surface area contributed by atoms with Crippen LogP contribution in [0.5, 0.6) is 5.75 Å². The van der Waals surface area contributed by atoms with Crippen molar-refractivity contribution in [2.24, 2.45) is 17.8 Å². The number of nitrogens with zero attached hydrogens (tertiary/aromatic N) is 3. The Bertz CT molecular complexity index is 851. The van der Waals surface area contributed by atoms with Gasteiger partial charge in [-0.2, -0.15) is 0 Å². The summed E-state index contributed by atoms with van der Waals surface area (Å²) >= 11 is 0. The molecule has 3 fully saturated rings. The van der Waals surface area contributed by atoms with Crippen molar-refractivity contribution in [1.29, 1.82) is 0 Å². The average molecular weight is 484 g/mol. The van der Waals surface area contributed by atoms with Gasteiger partial charge in [-0.1, -0.05) is 38.5 Å². The SMILES string of the molecule is CCCCN1C(=O)CCC(C(=O)N2CCCC(CN3CCC(C)CC3)C2)C1c1ccccc1OC. The molecule has 1 aromatic rings. The summed E-state index contributed by atoms with van der Waals surface area (Å²) in [5.41, 5.74) is 0.966. The van der Waals surface area contributed by atoms with E-state index in [4.69, 9.17) is 4.74 Å². The first kappa shape index (κ1) is 26.0. The van der Waals surface area contributed by atoms with Crippen LogP contribution in [0.3, 0.4) is 0 Å². The van der Waals surface area contributed by atoms with Crippen molar-refractivity contribution in [3.05, 3.63) is 29.8 Å². The van der Waals surface area contributed by atoms with Gasteiger partial charge in [-0.05, 0) is 69.5 Å². The van der Waals surface area contributed by atoms with Crippen molar-refractivity contribution in [3.63, 3.8) is 0 Å². The molecular formula is C29H45N3O3. The molecule has 35 heavy (non-hydrogen) atoms. The number of rotatable bonds is 8. The molecule has 3 atom stereocenters. The third-order valence-corrected chi connectivity index (χ3v) is 8.46. The number of hydrogen-bond donors (Lipinski definition) is 0. The minimum absolute atomic E-state index is 0.161. The molecule has 1 aromatic carbocycles. The predicted octanol–water partition coefficient (Wildman–Crippen LogP) is 4.75. The molecule has 3 heterocycles. The van der Waals surface area contributed by atoms with Crippen LogP contribution in [-0.2, 0) is 9.59 Å². The molecule has 0 bridgehead atoms. The number of ether oxygens (including phenoxy) is 1. The predicted molar refractivity (Wildman–Crippen MR) is 139 cm³/mol. The van der Waals surface area contributed by atoms with Crippen LogP contribution >= 0.6 is 0 Å². The van der Waals surface area contributed by atoms with Gasteiger partial charge in [-0.25, -0.2) is 0 Å². The number of likely N-dealkylation sites (tertiary alicyclic amines) is 3. The van der Waals surface area contributed by atoms with Gasteiger partial charge in [-0.3, -0.25) is 9.59 Å². The third kappa shape index (κ3) is 6.19. The number of amides is 2. The number of carbonyl (C=O) groups excluding carboxylic acids is 2. The fraction of sp³-hybridized carbons (Fsp3) is 0.724. The summed E-state index contributed by atoms with van der Waals surface area (Å²) in [6.07, 6.45) is 7.90. The fourth-order valence-corrected chi connectivity index (χ4v) is 6.36. The lowest BCUT2D eigenvalue weighted by atomic mass is 9.82. The van der Waals surface area contributed by atoms with Crippen LogP contribution in [0.25, 0.3) is 0 Å². The quantitative estimate of drug-likeness (QED) is 0.536. The van der Waals surface area contributed by atoms with E-state index in [9.17, 15) is 9.59 Å². The summed E-state index contributed by atoms with van der Waals surface area (Å²) in [6, 6.07) is 7.68. The van der Waals surface area contributed by atoms with E-state index in [2.05, 4.69) is 23.6 Å². The van der Waals surface area contributed by atoms with Gasteiger partial charge < -0.3 is 19.4 Å². The molecule has 0 N–H and O–H groups in total. The third-order valence-electron chi connectivity index (χ3n) is 8.46. The molecule has 2 amide bonds. The highest BCUT2D eigenvalue weighted by atomic mass is 16.5. The lowest BCUT2D eigenvalue weighted by Gasteiger charge is -2.44. The van der Waals surface area contributed by atoms with Gasteiger partial charge in [0.2, 0.25) is 11.8 Å². The van der Waals surface area contributed by atoms with Gasteiger partial charge >= 0.3 is 0 Å². The number of methoxy groups -OCH3 is 1. The van der Waals surface area contributed by atoms with Crippen LogP contribution in [0.15, 0.2) is 24.3 Å². The van der Waals surface area contributed by atoms with E-state index in [-0.39, 0.29) is 23.8 Å². The molecule has 0 aliphatic carbocycles. The number of unbranched alkanes of at least 4 members (excludes halogenated alkanes) is 1. The number of para-hydroxylation sites is 1. The van der Waals surface area contributed by atoms with Crippen LogP contribution in [0.2, 0.25) is 0 Å². The first-order chi connectivity index (χ1) is 17.0. The van der Waals surface area contributed by atoms with Crippen molar-refractivity contribution >= 4 is 11.8 Å². The standard InChI is InChI=1S/C29H45N3O3/c1-4-5-17-32-27(33)13-12-25(28(32)24-10-6-7-11-26(24)35-3)29(34)31-16-8-9-23(21-31)20-30-18-14-22(2)15-19-30/h6-7,10-11,22-23,25,28H,4-5,8-9,12-21H2,1-3H3. The van der Waals surface area contributed by atoms with E-state index >= 15 is 0 Å². The molecule has 4 rings (SSSR count). The van der Waals surface area contributed by atoms with Crippen molar-refractivity contribution in [2.75, 3.05) is 46.4 Å². The average Bonchev–Trinajstić information content (AvgIpc) is 2.89. The van der Waals surface area contributed by atoms with Gasteiger partial charge in [0.25, 0.3) is 0 Å². The second kappa shape index (κ2) is 12.2.